The number of likely N-dealkylation sites (tertiary alicyclic amines) is 1. The Labute approximate surface area is 85.0 Å². The Bertz CT molecular complexity index is 246. The highest BCUT2D eigenvalue weighted by atomic mass is 32.3. The third-order valence-electron chi connectivity index (χ3n) is 2.30. The minimum absolute atomic E-state index is 0.0648. The number of hydrogen-bond acceptors (Lipinski definition) is 4. The van der Waals surface area contributed by atoms with Crippen molar-refractivity contribution in [3.8, 4) is 0 Å². The van der Waals surface area contributed by atoms with E-state index in [1.54, 1.807) is 0 Å². The van der Waals surface area contributed by atoms with Crippen LogP contribution in [0.25, 0.3) is 0 Å². The van der Waals surface area contributed by atoms with Gasteiger partial charge in [0.2, 0.25) is 0 Å². The molecule has 1 heterocycles. The summed E-state index contributed by atoms with van der Waals surface area (Å²) >= 11 is 0. The normalized spacial score (nSPS) is 19.8. The predicted octanol–water partition coefficient (Wildman–Crippen LogP) is 0.682. The van der Waals surface area contributed by atoms with Crippen molar-refractivity contribution in [3.05, 3.63) is 0 Å². The maximum absolute atomic E-state index is 10.2. The molecule has 0 aromatic carbocycles. The maximum Gasteiger partial charge on any atom is 0.397 e. The fraction of sp³-hybridized carbons (Fsp3) is 1.00. The van der Waals surface area contributed by atoms with Gasteiger partial charge in [0.05, 0.1) is 6.61 Å². The van der Waals surface area contributed by atoms with E-state index < -0.39 is 10.4 Å². The van der Waals surface area contributed by atoms with E-state index in [2.05, 4.69) is 9.08 Å². The Morgan fingerprint density at radius 1 is 1.21 bits per heavy atom. The zero-order valence-electron chi connectivity index (χ0n) is 8.18. The molecule has 0 unspecified atom stereocenters. The van der Waals surface area contributed by atoms with Crippen LogP contribution in [0.4, 0.5) is 0 Å². The lowest BCUT2D eigenvalue weighted by molar-refractivity contribution is 0.199. The summed E-state index contributed by atoms with van der Waals surface area (Å²) in [6, 6.07) is 0. The summed E-state index contributed by atoms with van der Waals surface area (Å²) in [6.07, 6.45) is 4.37. The predicted molar refractivity (Wildman–Crippen MR) is 52.4 cm³/mol. The van der Waals surface area contributed by atoms with Crippen molar-refractivity contribution < 1.29 is 17.2 Å². The molecule has 0 bridgehead atoms. The average molecular weight is 223 g/mol. The monoisotopic (exact) mass is 223 g/mol. The second kappa shape index (κ2) is 5.65. The van der Waals surface area contributed by atoms with Gasteiger partial charge < -0.3 is 4.90 Å². The maximum atomic E-state index is 10.2. The van der Waals surface area contributed by atoms with Crippen LogP contribution in [0.2, 0.25) is 0 Å². The largest absolute Gasteiger partial charge is 0.397 e. The first kappa shape index (κ1) is 11.9. The van der Waals surface area contributed by atoms with E-state index in [1.807, 2.05) is 0 Å². The molecule has 1 N–H and O–H groups in total. The highest BCUT2D eigenvalue weighted by Gasteiger charge is 2.10. The third kappa shape index (κ3) is 5.54. The van der Waals surface area contributed by atoms with Gasteiger partial charge >= 0.3 is 10.4 Å². The number of piperidine rings is 1. The summed E-state index contributed by atoms with van der Waals surface area (Å²) in [5.41, 5.74) is 0. The Morgan fingerprint density at radius 2 is 1.86 bits per heavy atom. The van der Waals surface area contributed by atoms with E-state index in [4.69, 9.17) is 4.55 Å². The highest BCUT2D eigenvalue weighted by molar-refractivity contribution is 7.80. The molecule has 14 heavy (non-hydrogen) atoms. The van der Waals surface area contributed by atoms with E-state index in [-0.39, 0.29) is 6.61 Å². The summed E-state index contributed by atoms with van der Waals surface area (Å²) in [5, 5.41) is 0. The lowest BCUT2D eigenvalue weighted by Gasteiger charge is -2.25. The lowest BCUT2D eigenvalue weighted by atomic mass is 10.1. The minimum atomic E-state index is -4.25. The molecule has 5 nitrogen and oxygen atoms in total. The minimum Gasteiger partial charge on any atom is -0.303 e. The van der Waals surface area contributed by atoms with E-state index in [0.29, 0.717) is 6.42 Å². The molecule has 1 aliphatic rings. The van der Waals surface area contributed by atoms with Crippen LogP contribution in [0.1, 0.15) is 25.7 Å². The van der Waals surface area contributed by atoms with Crippen molar-refractivity contribution in [2.24, 2.45) is 0 Å². The topological polar surface area (TPSA) is 66.8 Å². The first-order valence-electron chi connectivity index (χ1n) is 4.92. The number of hydrogen-bond donors (Lipinski definition) is 1. The summed E-state index contributed by atoms with van der Waals surface area (Å²) < 4.78 is 32.9. The van der Waals surface area contributed by atoms with Crippen LogP contribution in [0.3, 0.4) is 0 Å². The van der Waals surface area contributed by atoms with Crippen LogP contribution in [0, 0.1) is 0 Å². The molecule has 0 spiro atoms. The molecular formula is C8H17NO4S. The quantitative estimate of drug-likeness (QED) is 0.548. The van der Waals surface area contributed by atoms with Gasteiger partial charge in [0.15, 0.2) is 0 Å². The standard InChI is InChI=1S/C8H17NO4S/c10-14(11,12)13-8-4-7-9-5-2-1-3-6-9/h1-8H2,(H,10,11,12). The van der Waals surface area contributed by atoms with Crippen LogP contribution in [0.15, 0.2) is 0 Å². The molecule has 1 rings (SSSR count). The Balaban J connectivity index is 2.03. The molecular weight excluding hydrogens is 206 g/mol. The van der Waals surface area contributed by atoms with Crippen molar-refractivity contribution >= 4 is 10.4 Å². The smallest absolute Gasteiger partial charge is 0.303 e. The van der Waals surface area contributed by atoms with Gasteiger partial charge in [-0.1, -0.05) is 6.42 Å². The van der Waals surface area contributed by atoms with Crippen LogP contribution in [-0.2, 0) is 14.6 Å². The van der Waals surface area contributed by atoms with Gasteiger partial charge in [0.1, 0.15) is 0 Å². The van der Waals surface area contributed by atoms with Crippen LogP contribution in [0.5, 0.6) is 0 Å². The van der Waals surface area contributed by atoms with E-state index in [9.17, 15) is 8.42 Å². The zero-order chi connectivity index (χ0) is 10.4. The molecule has 6 heteroatoms. The van der Waals surface area contributed by atoms with E-state index in [1.165, 1.54) is 19.3 Å². The molecule has 1 aliphatic heterocycles. The van der Waals surface area contributed by atoms with Gasteiger partial charge in [-0.15, -0.1) is 0 Å². The Morgan fingerprint density at radius 3 is 2.43 bits per heavy atom. The molecule has 0 amide bonds. The molecule has 0 aromatic heterocycles. The van der Waals surface area contributed by atoms with Gasteiger partial charge in [-0.05, 0) is 32.4 Å². The number of rotatable bonds is 5. The number of nitrogens with zero attached hydrogens (tertiary/aromatic N) is 1. The fourth-order valence-corrected chi connectivity index (χ4v) is 1.96. The summed E-state index contributed by atoms with van der Waals surface area (Å²) in [5.74, 6) is 0. The van der Waals surface area contributed by atoms with Crippen LogP contribution < -0.4 is 0 Å². The van der Waals surface area contributed by atoms with Gasteiger partial charge in [-0.3, -0.25) is 4.55 Å². The SMILES string of the molecule is O=S(=O)(O)OCCCN1CCCCC1. The van der Waals surface area contributed by atoms with E-state index >= 15 is 0 Å². The van der Waals surface area contributed by atoms with Gasteiger partial charge in [0.25, 0.3) is 0 Å². The second-order valence-electron chi connectivity index (χ2n) is 3.51. The molecule has 0 aromatic rings. The molecule has 0 atom stereocenters. The third-order valence-corrected chi connectivity index (χ3v) is 2.76. The van der Waals surface area contributed by atoms with Crippen LogP contribution in [-0.4, -0.2) is 44.1 Å². The molecule has 1 saturated heterocycles. The zero-order valence-corrected chi connectivity index (χ0v) is 9.00. The van der Waals surface area contributed by atoms with Gasteiger partial charge in [-0.2, -0.15) is 8.42 Å². The molecule has 84 valence electrons. The van der Waals surface area contributed by atoms with Crippen molar-refractivity contribution in [3.63, 3.8) is 0 Å². The summed E-state index contributed by atoms with van der Waals surface area (Å²) in [7, 11) is -4.25. The van der Waals surface area contributed by atoms with Crippen molar-refractivity contribution in [1.29, 1.82) is 0 Å². The summed E-state index contributed by atoms with van der Waals surface area (Å²) in [6.45, 7) is 3.09. The first-order chi connectivity index (χ1) is 6.58. The molecule has 0 aliphatic carbocycles. The lowest BCUT2D eigenvalue weighted by Crippen LogP contribution is -2.31. The summed E-state index contributed by atoms with van der Waals surface area (Å²) in [4.78, 5) is 2.29. The van der Waals surface area contributed by atoms with E-state index in [0.717, 1.165) is 19.6 Å². The van der Waals surface area contributed by atoms with Gasteiger partial charge in [0, 0.05) is 6.54 Å². The highest BCUT2D eigenvalue weighted by Crippen LogP contribution is 2.08. The average Bonchev–Trinajstić information content (AvgIpc) is 2.13. The van der Waals surface area contributed by atoms with Gasteiger partial charge in [-0.25, -0.2) is 4.18 Å². The second-order valence-corrected chi connectivity index (χ2v) is 4.60. The molecule has 0 radical (unpaired) electrons. The molecule has 0 saturated carbocycles. The van der Waals surface area contributed by atoms with Crippen molar-refractivity contribution in [2.45, 2.75) is 25.7 Å². The Hall–Kier alpha value is -0.170. The van der Waals surface area contributed by atoms with Crippen molar-refractivity contribution in [2.75, 3.05) is 26.2 Å². The van der Waals surface area contributed by atoms with Crippen molar-refractivity contribution in [1.82, 2.24) is 4.90 Å². The first-order valence-corrected chi connectivity index (χ1v) is 6.29. The Kier molecular flexibility index (Phi) is 4.80. The molecule has 1 fully saturated rings. The fourth-order valence-electron chi connectivity index (χ4n) is 1.64. The van der Waals surface area contributed by atoms with Crippen LogP contribution >= 0.6 is 0 Å².